The van der Waals surface area contributed by atoms with Gasteiger partial charge in [0.1, 0.15) is 0 Å². The number of amides is 1. The van der Waals surface area contributed by atoms with E-state index in [-0.39, 0.29) is 12.3 Å². The van der Waals surface area contributed by atoms with Crippen molar-refractivity contribution >= 4 is 11.9 Å². The zero-order valence-electron chi connectivity index (χ0n) is 11.8. The molecule has 108 valence electrons. The van der Waals surface area contributed by atoms with E-state index < -0.39 is 11.5 Å². The molecule has 5 nitrogen and oxygen atoms in total. The summed E-state index contributed by atoms with van der Waals surface area (Å²) in [4.78, 5) is 23.2. The average Bonchev–Trinajstić information content (AvgIpc) is 2.35. The summed E-state index contributed by atoms with van der Waals surface area (Å²) in [6.07, 6.45) is 0.716. The number of benzene rings is 1. The van der Waals surface area contributed by atoms with Gasteiger partial charge in [0.25, 0.3) is 5.91 Å². The highest BCUT2D eigenvalue weighted by molar-refractivity contribution is 5.96. The minimum atomic E-state index is -0.922. The van der Waals surface area contributed by atoms with Gasteiger partial charge in [-0.3, -0.25) is 9.59 Å². The van der Waals surface area contributed by atoms with Crippen LogP contribution in [0.2, 0.25) is 0 Å². The SMILES string of the molecule is CC(C)(CC(=O)O)NC(=O)c1cccc2c1CCNC2. The fourth-order valence-electron chi connectivity index (χ4n) is 2.54. The molecule has 0 aromatic heterocycles. The van der Waals surface area contributed by atoms with E-state index >= 15 is 0 Å². The second kappa shape index (κ2) is 5.63. The maximum Gasteiger partial charge on any atom is 0.305 e. The van der Waals surface area contributed by atoms with E-state index in [0.717, 1.165) is 30.6 Å². The molecule has 0 spiro atoms. The maximum absolute atomic E-state index is 12.4. The second-order valence-corrected chi connectivity index (χ2v) is 5.78. The molecule has 1 aliphatic rings. The van der Waals surface area contributed by atoms with Gasteiger partial charge < -0.3 is 15.7 Å². The van der Waals surface area contributed by atoms with Crippen molar-refractivity contribution in [2.24, 2.45) is 0 Å². The zero-order chi connectivity index (χ0) is 14.8. The number of hydrogen-bond donors (Lipinski definition) is 3. The van der Waals surface area contributed by atoms with Crippen molar-refractivity contribution in [1.82, 2.24) is 10.6 Å². The van der Waals surface area contributed by atoms with Crippen LogP contribution in [-0.2, 0) is 17.8 Å². The van der Waals surface area contributed by atoms with Gasteiger partial charge in [-0.15, -0.1) is 0 Å². The van der Waals surface area contributed by atoms with Crippen LogP contribution in [0.25, 0.3) is 0 Å². The van der Waals surface area contributed by atoms with Crippen molar-refractivity contribution in [2.75, 3.05) is 6.54 Å². The van der Waals surface area contributed by atoms with Crippen LogP contribution in [0.4, 0.5) is 0 Å². The quantitative estimate of drug-likeness (QED) is 0.775. The van der Waals surface area contributed by atoms with E-state index in [0.29, 0.717) is 5.56 Å². The number of aliphatic carboxylic acids is 1. The minimum Gasteiger partial charge on any atom is -0.481 e. The van der Waals surface area contributed by atoms with Gasteiger partial charge in [-0.05, 0) is 44.0 Å². The third-order valence-corrected chi connectivity index (χ3v) is 3.43. The topological polar surface area (TPSA) is 78.4 Å². The van der Waals surface area contributed by atoms with Crippen LogP contribution in [0.1, 0.15) is 41.8 Å². The summed E-state index contributed by atoms with van der Waals surface area (Å²) < 4.78 is 0. The van der Waals surface area contributed by atoms with Crippen LogP contribution in [0.15, 0.2) is 18.2 Å². The van der Waals surface area contributed by atoms with Gasteiger partial charge in [-0.25, -0.2) is 0 Å². The Kier molecular flexibility index (Phi) is 4.09. The van der Waals surface area contributed by atoms with Crippen molar-refractivity contribution in [2.45, 2.75) is 38.8 Å². The Bertz CT molecular complexity index is 538. The Morgan fingerprint density at radius 1 is 1.40 bits per heavy atom. The molecule has 1 aromatic rings. The first-order valence-corrected chi connectivity index (χ1v) is 6.75. The van der Waals surface area contributed by atoms with Crippen molar-refractivity contribution in [1.29, 1.82) is 0 Å². The van der Waals surface area contributed by atoms with E-state index in [1.165, 1.54) is 0 Å². The number of hydrogen-bond acceptors (Lipinski definition) is 3. The summed E-state index contributed by atoms with van der Waals surface area (Å²) in [6, 6.07) is 5.68. The first-order valence-electron chi connectivity index (χ1n) is 6.75. The third-order valence-electron chi connectivity index (χ3n) is 3.43. The maximum atomic E-state index is 12.4. The fraction of sp³-hybridized carbons (Fsp3) is 0.467. The van der Waals surface area contributed by atoms with Crippen LogP contribution >= 0.6 is 0 Å². The lowest BCUT2D eigenvalue weighted by Crippen LogP contribution is -2.45. The predicted molar refractivity (Wildman–Crippen MR) is 75.7 cm³/mol. The molecular weight excluding hydrogens is 256 g/mol. The molecule has 0 atom stereocenters. The highest BCUT2D eigenvalue weighted by Gasteiger charge is 2.26. The van der Waals surface area contributed by atoms with E-state index in [1.807, 2.05) is 12.1 Å². The highest BCUT2D eigenvalue weighted by Crippen LogP contribution is 2.20. The van der Waals surface area contributed by atoms with Crippen LogP contribution in [0.3, 0.4) is 0 Å². The second-order valence-electron chi connectivity index (χ2n) is 5.78. The molecule has 0 radical (unpaired) electrons. The Hall–Kier alpha value is -1.88. The lowest BCUT2D eigenvalue weighted by atomic mass is 9.93. The summed E-state index contributed by atoms with van der Waals surface area (Å²) in [5, 5.41) is 15.0. The lowest BCUT2D eigenvalue weighted by Gasteiger charge is -2.26. The molecule has 0 aliphatic carbocycles. The van der Waals surface area contributed by atoms with Gasteiger partial charge in [0.05, 0.1) is 6.42 Å². The summed E-state index contributed by atoms with van der Waals surface area (Å²) in [5.74, 6) is -1.12. The zero-order valence-corrected chi connectivity index (χ0v) is 11.8. The van der Waals surface area contributed by atoms with Gasteiger partial charge in [0.15, 0.2) is 0 Å². The van der Waals surface area contributed by atoms with Gasteiger partial charge in [-0.1, -0.05) is 12.1 Å². The number of rotatable bonds is 4. The Labute approximate surface area is 118 Å². The monoisotopic (exact) mass is 276 g/mol. The molecule has 1 aromatic carbocycles. The van der Waals surface area contributed by atoms with Crippen LogP contribution in [-0.4, -0.2) is 29.1 Å². The van der Waals surface area contributed by atoms with E-state index in [2.05, 4.69) is 10.6 Å². The molecule has 5 heteroatoms. The summed E-state index contributed by atoms with van der Waals surface area (Å²) in [7, 11) is 0. The van der Waals surface area contributed by atoms with Crippen molar-refractivity contribution in [3.63, 3.8) is 0 Å². The number of carboxylic acids is 1. The Balaban J connectivity index is 2.20. The minimum absolute atomic E-state index is 0.102. The van der Waals surface area contributed by atoms with Gasteiger partial charge in [-0.2, -0.15) is 0 Å². The Morgan fingerprint density at radius 3 is 2.85 bits per heavy atom. The standard InChI is InChI=1S/C15H20N2O3/c1-15(2,8-13(18)19)17-14(20)12-5-3-4-10-9-16-7-6-11(10)12/h3-5,16H,6-9H2,1-2H3,(H,17,20)(H,18,19). The molecule has 1 aliphatic heterocycles. The van der Waals surface area contributed by atoms with E-state index in [1.54, 1.807) is 19.9 Å². The molecule has 1 heterocycles. The van der Waals surface area contributed by atoms with Gasteiger partial charge >= 0.3 is 5.97 Å². The molecule has 0 unspecified atom stereocenters. The number of carbonyl (C=O) groups excluding carboxylic acids is 1. The summed E-state index contributed by atoms with van der Waals surface area (Å²) >= 11 is 0. The molecule has 2 rings (SSSR count). The molecule has 0 saturated carbocycles. The highest BCUT2D eigenvalue weighted by atomic mass is 16.4. The number of carboxylic acid groups (broad SMARTS) is 1. The first-order chi connectivity index (χ1) is 9.39. The molecule has 0 saturated heterocycles. The number of fused-ring (bicyclic) bond motifs is 1. The van der Waals surface area contributed by atoms with E-state index in [4.69, 9.17) is 5.11 Å². The van der Waals surface area contributed by atoms with Crippen LogP contribution in [0.5, 0.6) is 0 Å². The van der Waals surface area contributed by atoms with Crippen molar-refractivity contribution < 1.29 is 14.7 Å². The Morgan fingerprint density at radius 2 is 2.15 bits per heavy atom. The lowest BCUT2D eigenvalue weighted by molar-refractivity contribution is -0.138. The summed E-state index contributed by atoms with van der Waals surface area (Å²) in [6.45, 7) is 5.07. The predicted octanol–water partition coefficient (Wildman–Crippen LogP) is 1.32. The fourth-order valence-corrected chi connectivity index (χ4v) is 2.54. The molecular formula is C15H20N2O3. The normalized spacial score (nSPS) is 14.5. The molecule has 0 fully saturated rings. The number of carbonyl (C=O) groups is 2. The smallest absolute Gasteiger partial charge is 0.305 e. The number of nitrogens with one attached hydrogen (secondary N) is 2. The molecule has 1 amide bonds. The van der Waals surface area contributed by atoms with Crippen LogP contribution in [0, 0.1) is 0 Å². The van der Waals surface area contributed by atoms with Gasteiger partial charge in [0.2, 0.25) is 0 Å². The average molecular weight is 276 g/mol. The largest absolute Gasteiger partial charge is 0.481 e. The molecule has 0 bridgehead atoms. The van der Waals surface area contributed by atoms with Crippen molar-refractivity contribution in [3.8, 4) is 0 Å². The van der Waals surface area contributed by atoms with Gasteiger partial charge in [0, 0.05) is 17.6 Å². The summed E-state index contributed by atoms with van der Waals surface area (Å²) in [5.41, 5.74) is 2.09. The van der Waals surface area contributed by atoms with E-state index in [9.17, 15) is 9.59 Å². The molecule has 20 heavy (non-hydrogen) atoms. The molecule has 3 N–H and O–H groups in total. The van der Waals surface area contributed by atoms with Crippen LogP contribution < -0.4 is 10.6 Å². The van der Waals surface area contributed by atoms with Crippen molar-refractivity contribution in [3.05, 3.63) is 34.9 Å². The third kappa shape index (κ3) is 3.36. The first kappa shape index (κ1) is 14.5.